The van der Waals surface area contributed by atoms with E-state index in [2.05, 4.69) is 31.3 Å². The smallest absolute Gasteiger partial charge is 0.0137 e. The van der Waals surface area contributed by atoms with Crippen molar-refractivity contribution in [3.05, 3.63) is 12.2 Å². The van der Waals surface area contributed by atoms with Gasteiger partial charge in [-0.1, -0.05) is 19.1 Å². The van der Waals surface area contributed by atoms with E-state index in [1.165, 1.54) is 12.8 Å². The Kier molecular flexibility index (Phi) is 2.94. The topological polar surface area (TPSA) is 12.0 Å². The zero-order valence-corrected chi connectivity index (χ0v) is 6.93. The first kappa shape index (κ1) is 7.80. The largest absolute Gasteiger partial charge is 0.311 e. The zero-order chi connectivity index (χ0) is 7.40. The molecule has 10 heavy (non-hydrogen) atoms. The molecule has 1 heterocycles. The molecule has 2 atom stereocenters. The Bertz CT molecular complexity index is 104. The fourth-order valence-corrected chi connectivity index (χ4v) is 1.27. The lowest BCUT2D eigenvalue weighted by atomic mass is 9.97. The lowest BCUT2D eigenvalue weighted by Gasteiger charge is -2.21. The van der Waals surface area contributed by atoms with Crippen molar-refractivity contribution < 1.29 is 0 Å². The molecule has 2 unspecified atom stereocenters. The predicted octanol–water partition coefficient (Wildman–Crippen LogP) is 1.95. The normalized spacial score (nSPS) is 38.2. The molecule has 1 nitrogen and oxygen atoms in total. The van der Waals surface area contributed by atoms with E-state index in [-0.39, 0.29) is 0 Å². The summed E-state index contributed by atoms with van der Waals surface area (Å²) in [6.45, 7) is 5.63. The lowest BCUT2D eigenvalue weighted by Crippen LogP contribution is -2.32. The molecule has 0 aromatic carbocycles. The highest BCUT2D eigenvalue weighted by atomic mass is 14.9. The van der Waals surface area contributed by atoms with Gasteiger partial charge in [0, 0.05) is 12.6 Å². The Morgan fingerprint density at radius 2 is 2.10 bits per heavy atom. The minimum Gasteiger partial charge on any atom is -0.311 e. The van der Waals surface area contributed by atoms with Gasteiger partial charge >= 0.3 is 0 Å². The van der Waals surface area contributed by atoms with Gasteiger partial charge in [-0.15, -0.1) is 0 Å². The molecule has 1 rings (SSSR count). The van der Waals surface area contributed by atoms with Crippen molar-refractivity contribution in [2.75, 3.05) is 6.54 Å². The minimum atomic E-state index is 0.685. The SMILES string of the molecule is CC1CC/C=C\CNC1C. The molecule has 0 spiro atoms. The average Bonchev–Trinajstić information content (AvgIpc) is 1.92. The van der Waals surface area contributed by atoms with Gasteiger partial charge in [-0.25, -0.2) is 0 Å². The van der Waals surface area contributed by atoms with Crippen molar-refractivity contribution >= 4 is 0 Å². The summed E-state index contributed by atoms with van der Waals surface area (Å²) in [5.41, 5.74) is 0. The van der Waals surface area contributed by atoms with Crippen LogP contribution in [-0.2, 0) is 0 Å². The van der Waals surface area contributed by atoms with Crippen LogP contribution in [0.15, 0.2) is 12.2 Å². The third-order valence-corrected chi connectivity index (χ3v) is 2.37. The number of allylic oxidation sites excluding steroid dienone is 1. The second-order valence-corrected chi connectivity index (χ2v) is 3.22. The average molecular weight is 139 g/mol. The maximum atomic E-state index is 3.45. The molecular weight excluding hydrogens is 122 g/mol. The highest BCUT2D eigenvalue weighted by Gasteiger charge is 2.10. The fourth-order valence-electron chi connectivity index (χ4n) is 1.27. The number of hydrogen-bond acceptors (Lipinski definition) is 1. The molecule has 1 aliphatic rings. The van der Waals surface area contributed by atoms with Crippen molar-refractivity contribution in [1.29, 1.82) is 0 Å². The van der Waals surface area contributed by atoms with E-state index in [0.717, 1.165) is 12.5 Å². The van der Waals surface area contributed by atoms with Crippen LogP contribution in [0, 0.1) is 5.92 Å². The second kappa shape index (κ2) is 3.77. The molecule has 1 aliphatic heterocycles. The van der Waals surface area contributed by atoms with Crippen LogP contribution in [0.25, 0.3) is 0 Å². The molecule has 0 saturated heterocycles. The van der Waals surface area contributed by atoms with Crippen molar-refractivity contribution in [3.63, 3.8) is 0 Å². The Balaban J connectivity index is 2.40. The van der Waals surface area contributed by atoms with E-state index in [1.807, 2.05) is 0 Å². The fraction of sp³-hybridized carbons (Fsp3) is 0.778. The van der Waals surface area contributed by atoms with Crippen LogP contribution in [0.3, 0.4) is 0 Å². The van der Waals surface area contributed by atoms with Gasteiger partial charge in [0.15, 0.2) is 0 Å². The summed E-state index contributed by atoms with van der Waals surface area (Å²) in [5, 5.41) is 3.45. The summed E-state index contributed by atoms with van der Waals surface area (Å²) in [6.07, 6.45) is 7.08. The zero-order valence-electron chi connectivity index (χ0n) is 6.93. The van der Waals surface area contributed by atoms with E-state index in [1.54, 1.807) is 0 Å². The third kappa shape index (κ3) is 2.14. The van der Waals surface area contributed by atoms with Crippen LogP contribution in [0.2, 0.25) is 0 Å². The summed E-state index contributed by atoms with van der Waals surface area (Å²) in [5.74, 6) is 0.824. The van der Waals surface area contributed by atoms with Gasteiger partial charge in [0.2, 0.25) is 0 Å². The minimum absolute atomic E-state index is 0.685. The molecule has 0 aliphatic carbocycles. The Morgan fingerprint density at radius 1 is 1.30 bits per heavy atom. The lowest BCUT2D eigenvalue weighted by molar-refractivity contribution is 0.388. The van der Waals surface area contributed by atoms with E-state index in [0.29, 0.717) is 6.04 Å². The molecule has 0 amide bonds. The molecule has 1 heteroatoms. The van der Waals surface area contributed by atoms with Crippen LogP contribution in [-0.4, -0.2) is 12.6 Å². The Hall–Kier alpha value is -0.300. The highest BCUT2D eigenvalue weighted by molar-refractivity contribution is 4.88. The van der Waals surface area contributed by atoms with Crippen LogP contribution in [0.4, 0.5) is 0 Å². The summed E-state index contributed by atoms with van der Waals surface area (Å²) in [4.78, 5) is 0. The molecule has 58 valence electrons. The van der Waals surface area contributed by atoms with Gasteiger partial charge in [-0.2, -0.15) is 0 Å². The molecule has 1 N–H and O–H groups in total. The monoisotopic (exact) mass is 139 g/mol. The van der Waals surface area contributed by atoms with Crippen molar-refractivity contribution in [1.82, 2.24) is 5.32 Å². The number of hydrogen-bond donors (Lipinski definition) is 1. The van der Waals surface area contributed by atoms with Crippen molar-refractivity contribution in [3.8, 4) is 0 Å². The molecule has 0 radical (unpaired) electrons. The summed E-state index contributed by atoms with van der Waals surface area (Å²) >= 11 is 0. The Morgan fingerprint density at radius 3 is 2.90 bits per heavy atom. The summed E-state index contributed by atoms with van der Waals surface area (Å²) in [6, 6.07) is 0.685. The second-order valence-electron chi connectivity index (χ2n) is 3.22. The predicted molar refractivity (Wildman–Crippen MR) is 45.0 cm³/mol. The van der Waals surface area contributed by atoms with Crippen LogP contribution in [0.5, 0.6) is 0 Å². The standard InChI is InChI=1S/C9H17N/c1-8-6-4-3-5-7-10-9(8)2/h3,5,8-10H,4,6-7H2,1-2H3/b5-3-. The van der Waals surface area contributed by atoms with Crippen molar-refractivity contribution in [2.45, 2.75) is 32.7 Å². The molecule has 0 bridgehead atoms. The van der Waals surface area contributed by atoms with E-state index >= 15 is 0 Å². The first-order valence-corrected chi connectivity index (χ1v) is 4.19. The molecule has 0 aromatic heterocycles. The summed E-state index contributed by atoms with van der Waals surface area (Å²) < 4.78 is 0. The van der Waals surface area contributed by atoms with Gasteiger partial charge in [0.05, 0.1) is 0 Å². The highest BCUT2D eigenvalue weighted by Crippen LogP contribution is 2.12. The molecule has 0 fully saturated rings. The maximum absolute atomic E-state index is 3.45. The van der Waals surface area contributed by atoms with Crippen LogP contribution < -0.4 is 5.32 Å². The van der Waals surface area contributed by atoms with Gasteiger partial charge in [-0.3, -0.25) is 0 Å². The van der Waals surface area contributed by atoms with Crippen LogP contribution >= 0.6 is 0 Å². The third-order valence-electron chi connectivity index (χ3n) is 2.37. The van der Waals surface area contributed by atoms with Crippen molar-refractivity contribution in [2.24, 2.45) is 5.92 Å². The number of nitrogens with one attached hydrogen (secondary N) is 1. The molecule has 0 saturated carbocycles. The quantitative estimate of drug-likeness (QED) is 0.506. The van der Waals surface area contributed by atoms with Gasteiger partial charge < -0.3 is 5.32 Å². The number of rotatable bonds is 0. The summed E-state index contributed by atoms with van der Waals surface area (Å²) in [7, 11) is 0. The molecule has 0 aromatic rings. The van der Waals surface area contributed by atoms with Gasteiger partial charge in [-0.05, 0) is 25.7 Å². The first-order valence-electron chi connectivity index (χ1n) is 4.19. The van der Waals surface area contributed by atoms with Gasteiger partial charge in [0.1, 0.15) is 0 Å². The van der Waals surface area contributed by atoms with E-state index in [4.69, 9.17) is 0 Å². The maximum Gasteiger partial charge on any atom is 0.0137 e. The molecular formula is C9H17N. The Labute approximate surface area is 63.5 Å². The van der Waals surface area contributed by atoms with E-state index in [9.17, 15) is 0 Å². The first-order chi connectivity index (χ1) is 4.80. The van der Waals surface area contributed by atoms with Gasteiger partial charge in [0.25, 0.3) is 0 Å². The van der Waals surface area contributed by atoms with Crippen LogP contribution in [0.1, 0.15) is 26.7 Å². The van der Waals surface area contributed by atoms with E-state index < -0.39 is 0 Å².